The maximum atomic E-state index is 13.6. The van der Waals surface area contributed by atoms with Crippen molar-refractivity contribution in [3.63, 3.8) is 0 Å². The number of amides is 1. The van der Waals surface area contributed by atoms with Crippen LogP contribution in [0, 0.1) is 0 Å². The molecule has 154 valence electrons. The number of carbonyl (C=O) groups is 1. The molecule has 0 spiro atoms. The van der Waals surface area contributed by atoms with Gasteiger partial charge in [-0.3, -0.25) is 9.78 Å². The van der Waals surface area contributed by atoms with Crippen LogP contribution in [-0.4, -0.2) is 47.1 Å². The highest BCUT2D eigenvalue weighted by Gasteiger charge is 2.31. The second kappa shape index (κ2) is 9.39. The third-order valence-electron chi connectivity index (χ3n) is 5.29. The van der Waals surface area contributed by atoms with Crippen LogP contribution >= 0.6 is 0 Å². The Bertz CT molecular complexity index is 926. The van der Waals surface area contributed by atoms with Crippen LogP contribution in [0.2, 0.25) is 0 Å². The van der Waals surface area contributed by atoms with Gasteiger partial charge in [0.15, 0.2) is 0 Å². The van der Waals surface area contributed by atoms with E-state index >= 15 is 0 Å². The van der Waals surface area contributed by atoms with Crippen molar-refractivity contribution < 1.29 is 14.3 Å². The molecule has 0 bridgehead atoms. The predicted octanol–water partition coefficient (Wildman–Crippen LogP) is 3.69. The Labute approximate surface area is 176 Å². The van der Waals surface area contributed by atoms with Gasteiger partial charge in [0.05, 0.1) is 32.0 Å². The lowest BCUT2D eigenvalue weighted by atomic mass is 9.89. The highest BCUT2D eigenvalue weighted by Crippen LogP contribution is 2.28. The molecule has 0 saturated carbocycles. The molecular weight excluding hydrogens is 378 g/mol. The first-order chi connectivity index (χ1) is 14.7. The normalized spacial score (nSPS) is 16.3. The van der Waals surface area contributed by atoms with E-state index in [1.54, 1.807) is 13.3 Å². The number of nitrogens with zero attached hydrogens (tertiary/aromatic N) is 3. The van der Waals surface area contributed by atoms with Crippen molar-refractivity contribution in [3.8, 4) is 11.8 Å². The first-order valence-corrected chi connectivity index (χ1v) is 10.2. The SMILES string of the molecule is COc1cncc(OC2CCCN(C(=O)C(c3ccccc3)c3ccccc3)C2)n1. The number of methoxy groups -OCH3 is 1. The fraction of sp³-hybridized carbons (Fsp3) is 0.292. The van der Waals surface area contributed by atoms with Crippen molar-refractivity contribution in [3.05, 3.63) is 84.2 Å². The highest BCUT2D eigenvalue weighted by atomic mass is 16.5. The first kappa shape index (κ1) is 19.9. The Morgan fingerprint density at radius 3 is 2.27 bits per heavy atom. The Morgan fingerprint density at radius 1 is 1.00 bits per heavy atom. The average molecular weight is 403 g/mol. The summed E-state index contributed by atoms with van der Waals surface area (Å²) < 4.78 is 11.1. The summed E-state index contributed by atoms with van der Waals surface area (Å²) in [7, 11) is 1.54. The molecule has 6 heteroatoms. The van der Waals surface area contributed by atoms with Gasteiger partial charge in [-0.05, 0) is 24.0 Å². The van der Waals surface area contributed by atoms with Gasteiger partial charge in [0.25, 0.3) is 0 Å². The van der Waals surface area contributed by atoms with Gasteiger partial charge in [-0.2, -0.15) is 4.98 Å². The van der Waals surface area contributed by atoms with Crippen LogP contribution in [0.5, 0.6) is 11.8 Å². The fourth-order valence-corrected chi connectivity index (χ4v) is 3.84. The van der Waals surface area contributed by atoms with Crippen molar-refractivity contribution >= 4 is 5.91 Å². The average Bonchev–Trinajstić information content (AvgIpc) is 2.81. The van der Waals surface area contributed by atoms with E-state index in [9.17, 15) is 4.79 Å². The van der Waals surface area contributed by atoms with Crippen molar-refractivity contribution in [2.24, 2.45) is 0 Å². The van der Waals surface area contributed by atoms with Crippen LogP contribution < -0.4 is 9.47 Å². The molecular formula is C24H25N3O3. The van der Waals surface area contributed by atoms with Crippen LogP contribution in [0.4, 0.5) is 0 Å². The van der Waals surface area contributed by atoms with Crippen LogP contribution in [0.3, 0.4) is 0 Å². The van der Waals surface area contributed by atoms with E-state index in [1.807, 2.05) is 65.6 Å². The van der Waals surface area contributed by atoms with Crippen molar-refractivity contribution in [2.45, 2.75) is 24.9 Å². The maximum Gasteiger partial charge on any atom is 0.235 e. The molecule has 1 aliphatic heterocycles. The van der Waals surface area contributed by atoms with E-state index < -0.39 is 0 Å². The summed E-state index contributed by atoms with van der Waals surface area (Å²) in [5.74, 6) is 0.584. The Balaban J connectivity index is 1.53. The number of rotatable bonds is 6. The third kappa shape index (κ3) is 4.59. The predicted molar refractivity (Wildman–Crippen MR) is 114 cm³/mol. The molecule has 0 aliphatic carbocycles. The molecule has 1 aliphatic rings. The van der Waals surface area contributed by atoms with Gasteiger partial charge in [-0.15, -0.1) is 0 Å². The number of benzene rings is 2. The summed E-state index contributed by atoms with van der Waals surface area (Å²) in [5, 5.41) is 0. The Morgan fingerprint density at radius 2 is 1.63 bits per heavy atom. The number of aromatic nitrogens is 2. The number of hydrogen-bond donors (Lipinski definition) is 0. The zero-order chi connectivity index (χ0) is 20.8. The van der Waals surface area contributed by atoms with Gasteiger partial charge < -0.3 is 14.4 Å². The van der Waals surface area contributed by atoms with E-state index in [4.69, 9.17) is 9.47 Å². The van der Waals surface area contributed by atoms with Crippen molar-refractivity contribution in [1.82, 2.24) is 14.9 Å². The van der Waals surface area contributed by atoms with Crippen LogP contribution in [0.15, 0.2) is 73.1 Å². The summed E-state index contributed by atoms with van der Waals surface area (Å²) in [6, 6.07) is 19.9. The van der Waals surface area contributed by atoms with Gasteiger partial charge in [-0.25, -0.2) is 0 Å². The second-order valence-corrected chi connectivity index (χ2v) is 7.32. The monoisotopic (exact) mass is 403 g/mol. The maximum absolute atomic E-state index is 13.6. The second-order valence-electron chi connectivity index (χ2n) is 7.32. The molecule has 0 N–H and O–H groups in total. The molecule has 6 nitrogen and oxygen atoms in total. The Kier molecular flexibility index (Phi) is 6.23. The summed E-state index contributed by atoms with van der Waals surface area (Å²) in [6.45, 7) is 1.24. The van der Waals surface area contributed by atoms with Crippen molar-refractivity contribution in [1.29, 1.82) is 0 Å². The van der Waals surface area contributed by atoms with E-state index in [2.05, 4.69) is 9.97 Å². The van der Waals surface area contributed by atoms with E-state index in [0.717, 1.165) is 30.5 Å². The van der Waals surface area contributed by atoms with Gasteiger partial charge in [-0.1, -0.05) is 60.7 Å². The summed E-state index contributed by atoms with van der Waals surface area (Å²) in [5.41, 5.74) is 1.99. The molecule has 1 saturated heterocycles. The molecule has 1 unspecified atom stereocenters. The molecule has 2 heterocycles. The van der Waals surface area contributed by atoms with Crippen LogP contribution in [0.25, 0.3) is 0 Å². The molecule has 1 fully saturated rings. The lowest BCUT2D eigenvalue weighted by Gasteiger charge is -2.35. The summed E-state index contributed by atoms with van der Waals surface area (Å²) >= 11 is 0. The zero-order valence-corrected chi connectivity index (χ0v) is 17.0. The lowest BCUT2D eigenvalue weighted by Crippen LogP contribution is -2.46. The minimum atomic E-state index is -0.331. The number of piperidine rings is 1. The van der Waals surface area contributed by atoms with E-state index in [-0.39, 0.29) is 17.9 Å². The molecule has 4 rings (SSSR count). The largest absolute Gasteiger partial charge is 0.480 e. The zero-order valence-electron chi connectivity index (χ0n) is 17.0. The lowest BCUT2D eigenvalue weighted by molar-refractivity contribution is -0.134. The van der Waals surface area contributed by atoms with Crippen molar-refractivity contribution in [2.75, 3.05) is 20.2 Å². The molecule has 1 amide bonds. The molecule has 0 radical (unpaired) electrons. The molecule has 1 atom stereocenters. The molecule has 2 aromatic carbocycles. The van der Waals surface area contributed by atoms with E-state index in [0.29, 0.717) is 18.3 Å². The van der Waals surface area contributed by atoms with E-state index in [1.165, 1.54) is 6.20 Å². The van der Waals surface area contributed by atoms with Gasteiger partial charge in [0.1, 0.15) is 6.10 Å². The summed E-state index contributed by atoms with van der Waals surface area (Å²) in [4.78, 5) is 23.9. The van der Waals surface area contributed by atoms with Gasteiger partial charge in [0, 0.05) is 6.54 Å². The first-order valence-electron chi connectivity index (χ1n) is 10.2. The smallest absolute Gasteiger partial charge is 0.235 e. The number of likely N-dealkylation sites (tertiary alicyclic amines) is 1. The van der Waals surface area contributed by atoms with Crippen LogP contribution in [-0.2, 0) is 4.79 Å². The minimum Gasteiger partial charge on any atom is -0.480 e. The quantitative estimate of drug-likeness (QED) is 0.628. The number of hydrogen-bond acceptors (Lipinski definition) is 5. The highest BCUT2D eigenvalue weighted by molar-refractivity contribution is 5.87. The molecule has 3 aromatic rings. The number of carbonyl (C=O) groups excluding carboxylic acids is 1. The van der Waals surface area contributed by atoms with Gasteiger partial charge >= 0.3 is 0 Å². The number of ether oxygens (including phenoxy) is 2. The molecule has 30 heavy (non-hydrogen) atoms. The summed E-state index contributed by atoms with van der Waals surface area (Å²) in [6.07, 6.45) is 4.72. The fourth-order valence-electron chi connectivity index (χ4n) is 3.84. The van der Waals surface area contributed by atoms with Gasteiger partial charge in [0.2, 0.25) is 17.7 Å². The topological polar surface area (TPSA) is 64.6 Å². The molecule has 1 aromatic heterocycles. The standard InChI is InChI=1S/C24H25N3O3/c1-29-21-15-25-16-22(26-21)30-20-13-8-14-27(17-20)24(28)23(18-9-4-2-5-10-18)19-11-6-3-7-12-19/h2-7,9-12,15-16,20,23H,8,13-14,17H2,1H3. The Hall–Kier alpha value is -3.41. The van der Waals surface area contributed by atoms with Crippen LogP contribution in [0.1, 0.15) is 29.9 Å². The minimum absolute atomic E-state index is 0.0948. The third-order valence-corrected chi connectivity index (χ3v) is 5.29.